The molecule has 1 fully saturated rings. The number of esters is 1. The molecule has 1 aromatic carbocycles. The lowest BCUT2D eigenvalue weighted by atomic mass is 9.83. The molecule has 122 valence electrons. The van der Waals surface area contributed by atoms with Gasteiger partial charge in [0.05, 0.1) is 22.1 Å². The van der Waals surface area contributed by atoms with Crippen molar-refractivity contribution in [2.45, 2.75) is 42.5 Å². The molecule has 0 radical (unpaired) electrons. The molecule has 1 N–H and O–H groups in total. The van der Waals surface area contributed by atoms with Crippen LogP contribution in [-0.2, 0) is 19.6 Å². The van der Waals surface area contributed by atoms with Gasteiger partial charge in [-0.15, -0.1) is 0 Å². The smallest absolute Gasteiger partial charge is 0.327 e. The first kappa shape index (κ1) is 17.5. The highest BCUT2D eigenvalue weighted by molar-refractivity contribution is 7.89. The Balaban J connectivity index is 2.35. The zero-order valence-electron chi connectivity index (χ0n) is 12.1. The molecular formula is C14H17Cl2NO4S. The second kappa shape index (κ2) is 6.74. The molecule has 22 heavy (non-hydrogen) atoms. The molecule has 8 heteroatoms. The van der Waals surface area contributed by atoms with Gasteiger partial charge in [0.2, 0.25) is 10.0 Å². The molecule has 0 bridgehead atoms. The van der Waals surface area contributed by atoms with Crippen LogP contribution in [0.3, 0.4) is 0 Å². The van der Waals surface area contributed by atoms with Gasteiger partial charge >= 0.3 is 5.97 Å². The van der Waals surface area contributed by atoms with Gasteiger partial charge < -0.3 is 4.74 Å². The summed E-state index contributed by atoms with van der Waals surface area (Å²) in [4.78, 5) is 12.1. The fourth-order valence-electron chi connectivity index (χ4n) is 2.66. The minimum Gasteiger partial charge on any atom is -0.468 e. The first-order valence-corrected chi connectivity index (χ1v) is 9.12. The van der Waals surface area contributed by atoms with E-state index in [2.05, 4.69) is 4.72 Å². The van der Waals surface area contributed by atoms with Crippen LogP contribution in [0.1, 0.15) is 32.1 Å². The standard InChI is InChI=1S/C14H17Cl2NO4S/c1-21-13(18)14(7-3-2-4-8-14)17-22(19,20)10-5-6-11(15)12(16)9-10/h5-6,9,17H,2-4,7-8H2,1H3. The number of rotatable bonds is 4. The summed E-state index contributed by atoms with van der Waals surface area (Å²) >= 11 is 11.7. The molecule has 1 saturated carbocycles. The number of hydrogen-bond donors (Lipinski definition) is 1. The van der Waals surface area contributed by atoms with Crippen molar-refractivity contribution < 1.29 is 17.9 Å². The van der Waals surface area contributed by atoms with E-state index < -0.39 is 21.5 Å². The van der Waals surface area contributed by atoms with Gasteiger partial charge in [-0.1, -0.05) is 42.5 Å². The summed E-state index contributed by atoms with van der Waals surface area (Å²) in [6, 6.07) is 4.02. The fraction of sp³-hybridized carbons (Fsp3) is 0.500. The topological polar surface area (TPSA) is 72.5 Å². The van der Waals surface area contributed by atoms with Crippen LogP contribution in [0.4, 0.5) is 0 Å². The summed E-state index contributed by atoms with van der Waals surface area (Å²) in [7, 11) is -2.65. The monoisotopic (exact) mass is 365 g/mol. The van der Waals surface area contributed by atoms with Crippen LogP contribution in [0.25, 0.3) is 0 Å². The molecule has 1 aliphatic rings. The molecule has 1 aliphatic carbocycles. The van der Waals surface area contributed by atoms with Crippen molar-refractivity contribution in [2.75, 3.05) is 7.11 Å². The Hall–Kier alpha value is -0.820. The van der Waals surface area contributed by atoms with Crippen molar-refractivity contribution in [3.63, 3.8) is 0 Å². The predicted molar refractivity (Wildman–Crippen MR) is 84.6 cm³/mol. The number of sulfonamides is 1. The van der Waals surface area contributed by atoms with Crippen LogP contribution in [0, 0.1) is 0 Å². The molecule has 0 amide bonds. The van der Waals surface area contributed by atoms with E-state index >= 15 is 0 Å². The summed E-state index contributed by atoms with van der Waals surface area (Å²) in [6.45, 7) is 0. The van der Waals surface area contributed by atoms with Gasteiger partial charge in [-0.05, 0) is 31.0 Å². The predicted octanol–water partition coefficient (Wildman–Crippen LogP) is 3.15. The maximum atomic E-state index is 12.6. The van der Waals surface area contributed by atoms with Gasteiger partial charge in [-0.2, -0.15) is 4.72 Å². The Morgan fingerprint density at radius 2 is 1.82 bits per heavy atom. The van der Waals surface area contributed by atoms with Gasteiger partial charge in [0.25, 0.3) is 0 Å². The molecule has 5 nitrogen and oxygen atoms in total. The average molecular weight is 366 g/mol. The minimum absolute atomic E-state index is 0.0317. The van der Waals surface area contributed by atoms with E-state index in [-0.39, 0.29) is 14.9 Å². The third-order valence-electron chi connectivity index (χ3n) is 3.81. The van der Waals surface area contributed by atoms with Gasteiger partial charge in [-0.25, -0.2) is 8.42 Å². The molecule has 2 rings (SSSR count). The van der Waals surface area contributed by atoms with Crippen LogP contribution >= 0.6 is 23.2 Å². The second-order valence-corrected chi connectivity index (χ2v) is 7.81. The van der Waals surface area contributed by atoms with Crippen molar-refractivity contribution in [3.8, 4) is 0 Å². The molecule has 0 heterocycles. The van der Waals surface area contributed by atoms with Crippen LogP contribution in [-0.4, -0.2) is 27.0 Å². The summed E-state index contributed by atoms with van der Waals surface area (Å²) in [5.74, 6) is -0.559. The molecule has 0 unspecified atom stereocenters. The Kier molecular flexibility index (Phi) is 5.37. The molecule has 0 atom stereocenters. The number of halogens is 2. The quantitative estimate of drug-likeness (QED) is 0.831. The first-order chi connectivity index (χ1) is 10.3. The Labute approximate surface area is 140 Å². The molecule has 0 aliphatic heterocycles. The Morgan fingerprint density at radius 3 is 2.36 bits per heavy atom. The third kappa shape index (κ3) is 3.56. The van der Waals surface area contributed by atoms with Crippen molar-refractivity contribution in [3.05, 3.63) is 28.2 Å². The number of carbonyl (C=O) groups is 1. The number of carbonyl (C=O) groups excluding carboxylic acids is 1. The number of ether oxygens (including phenoxy) is 1. The summed E-state index contributed by atoms with van der Waals surface area (Å²) < 4.78 is 32.5. The summed E-state index contributed by atoms with van der Waals surface area (Å²) in [5.41, 5.74) is -1.21. The summed E-state index contributed by atoms with van der Waals surface area (Å²) in [5, 5.41) is 0.404. The number of nitrogens with one attached hydrogen (secondary N) is 1. The van der Waals surface area contributed by atoms with Gasteiger partial charge in [0.1, 0.15) is 5.54 Å². The zero-order valence-corrected chi connectivity index (χ0v) is 14.4. The average Bonchev–Trinajstić information content (AvgIpc) is 2.49. The van der Waals surface area contributed by atoms with Gasteiger partial charge in [-0.3, -0.25) is 4.79 Å². The van der Waals surface area contributed by atoms with Gasteiger partial charge in [0.15, 0.2) is 0 Å². The SMILES string of the molecule is COC(=O)C1(NS(=O)(=O)c2ccc(Cl)c(Cl)c2)CCCCC1. The van der Waals surface area contributed by atoms with E-state index in [1.807, 2.05) is 0 Å². The highest BCUT2D eigenvalue weighted by atomic mass is 35.5. The number of methoxy groups -OCH3 is 1. The van der Waals surface area contributed by atoms with Crippen LogP contribution in [0.5, 0.6) is 0 Å². The highest BCUT2D eigenvalue weighted by Gasteiger charge is 2.44. The first-order valence-electron chi connectivity index (χ1n) is 6.88. The maximum absolute atomic E-state index is 12.6. The summed E-state index contributed by atoms with van der Waals surface area (Å²) in [6.07, 6.45) is 3.33. The van der Waals surface area contributed by atoms with E-state index in [0.717, 1.165) is 19.3 Å². The van der Waals surface area contributed by atoms with Crippen LogP contribution < -0.4 is 4.72 Å². The Morgan fingerprint density at radius 1 is 1.18 bits per heavy atom. The van der Waals surface area contributed by atoms with E-state index in [1.54, 1.807) is 0 Å². The lowest BCUT2D eigenvalue weighted by molar-refractivity contribution is -0.149. The molecule has 0 spiro atoms. The van der Waals surface area contributed by atoms with Crippen molar-refractivity contribution >= 4 is 39.2 Å². The Bertz CT molecular complexity index is 669. The number of benzene rings is 1. The largest absolute Gasteiger partial charge is 0.468 e. The fourth-order valence-corrected chi connectivity index (χ4v) is 4.46. The minimum atomic E-state index is -3.91. The van der Waals surface area contributed by atoms with Crippen molar-refractivity contribution in [2.24, 2.45) is 0 Å². The van der Waals surface area contributed by atoms with E-state index in [4.69, 9.17) is 27.9 Å². The number of hydrogen-bond acceptors (Lipinski definition) is 4. The second-order valence-electron chi connectivity index (χ2n) is 5.32. The van der Waals surface area contributed by atoms with Crippen molar-refractivity contribution in [1.29, 1.82) is 0 Å². The highest BCUT2D eigenvalue weighted by Crippen LogP contribution is 2.32. The van der Waals surface area contributed by atoms with E-state index in [0.29, 0.717) is 12.8 Å². The molecular weight excluding hydrogens is 349 g/mol. The van der Waals surface area contributed by atoms with E-state index in [9.17, 15) is 13.2 Å². The van der Waals surface area contributed by atoms with Crippen molar-refractivity contribution in [1.82, 2.24) is 4.72 Å². The third-order valence-corrected chi connectivity index (χ3v) is 6.09. The van der Waals surface area contributed by atoms with E-state index in [1.165, 1.54) is 25.3 Å². The normalized spacial score (nSPS) is 18.0. The molecule has 0 aromatic heterocycles. The lowest BCUT2D eigenvalue weighted by Crippen LogP contribution is -2.55. The molecule has 0 saturated heterocycles. The zero-order chi connectivity index (χ0) is 16.4. The lowest BCUT2D eigenvalue weighted by Gasteiger charge is -2.34. The molecule has 1 aromatic rings. The maximum Gasteiger partial charge on any atom is 0.327 e. The van der Waals surface area contributed by atoms with Gasteiger partial charge in [0, 0.05) is 0 Å². The van der Waals surface area contributed by atoms with Crippen LogP contribution in [0.2, 0.25) is 10.0 Å². The van der Waals surface area contributed by atoms with Crippen LogP contribution in [0.15, 0.2) is 23.1 Å².